The normalized spacial score (nSPS) is 15.5. The standard InChI is InChI=1S/C29H26F4N2O8S/c1-2-25(36)19-6-12-22(13-7-19)41-28(20-8-10-21(30)11-9-20)16-35(17-28)44(39,40)23-5-3-4-18(14-23)15-24(34)26(37)42-43-27(38)29(31,32)33/h3-14,24H,2,15-17,34H2,1H3/t24-/m0/s1. The van der Waals surface area contributed by atoms with Crippen LogP contribution in [0, 0.1) is 5.82 Å². The number of hydrogen-bond acceptors (Lipinski definition) is 9. The fourth-order valence-electron chi connectivity index (χ4n) is 4.40. The van der Waals surface area contributed by atoms with Crippen molar-refractivity contribution in [2.24, 2.45) is 5.73 Å². The van der Waals surface area contributed by atoms with Crippen LogP contribution < -0.4 is 10.5 Å². The van der Waals surface area contributed by atoms with Crippen molar-refractivity contribution in [1.29, 1.82) is 0 Å². The van der Waals surface area contributed by atoms with E-state index in [4.69, 9.17) is 10.5 Å². The van der Waals surface area contributed by atoms with Crippen LogP contribution in [0.15, 0.2) is 77.7 Å². The maximum Gasteiger partial charge on any atom is 0.495 e. The van der Waals surface area contributed by atoms with Crippen LogP contribution in [-0.2, 0) is 41.4 Å². The van der Waals surface area contributed by atoms with Crippen molar-refractivity contribution in [3.63, 3.8) is 0 Å². The van der Waals surface area contributed by atoms with Gasteiger partial charge in [0.15, 0.2) is 11.4 Å². The zero-order chi connectivity index (χ0) is 32.3. The third-order valence-corrected chi connectivity index (χ3v) is 8.56. The molecule has 0 saturated carbocycles. The summed E-state index contributed by atoms with van der Waals surface area (Å²) in [6.45, 7) is 1.42. The minimum Gasteiger partial charge on any atom is -0.480 e. The number of sulfonamides is 1. The van der Waals surface area contributed by atoms with Gasteiger partial charge in [-0.05, 0) is 66.1 Å². The Kier molecular flexibility index (Phi) is 9.41. The summed E-state index contributed by atoms with van der Waals surface area (Å²) >= 11 is 0. The molecule has 15 heteroatoms. The van der Waals surface area contributed by atoms with Gasteiger partial charge in [0.2, 0.25) is 10.0 Å². The molecule has 0 spiro atoms. The lowest BCUT2D eigenvalue weighted by Gasteiger charge is -2.48. The third kappa shape index (κ3) is 7.23. The molecule has 0 bridgehead atoms. The predicted molar refractivity (Wildman–Crippen MR) is 145 cm³/mol. The van der Waals surface area contributed by atoms with Crippen LogP contribution in [0.1, 0.15) is 34.8 Å². The van der Waals surface area contributed by atoms with Crippen molar-refractivity contribution in [2.75, 3.05) is 13.1 Å². The topological polar surface area (TPSA) is 142 Å². The Balaban J connectivity index is 1.49. The van der Waals surface area contributed by atoms with Gasteiger partial charge in [-0.1, -0.05) is 31.2 Å². The number of carbonyl (C=O) groups is 3. The smallest absolute Gasteiger partial charge is 0.480 e. The summed E-state index contributed by atoms with van der Waals surface area (Å²) in [5.74, 6) is -4.41. The lowest BCUT2D eigenvalue weighted by molar-refractivity contribution is -0.286. The van der Waals surface area contributed by atoms with E-state index < -0.39 is 45.6 Å². The summed E-state index contributed by atoms with van der Waals surface area (Å²) in [6.07, 6.45) is -5.42. The highest BCUT2D eigenvalue weighted by molar-refractivity contribution is 7.89. The van der Waals surface area contributed by atoms with Crippen LogP contribution in [0.3, 0.4) is 0 Å². The van der Waals surface area contributed by atoms with Crippen LogP contribution in [0.25, 0.3) is 0 Å². The minimum absolute atomic E-state index is 0.0596. The molecule has 0 unspecified atom stereocenters. The molecule has 3 aromatic carbocycles. The number of halogens is 4. The molecule has 2 N–H and O–H groups in total. The van der Waals surface area contributed by atoms with Crippen molar-refractivity contribution in [3.8, 4) is 5.75 Å². The van der Waals surface area contributed by atoms with Crippen molar-refractivity contribution >= 4 is 27.7 Å². The molecular weight excluding hydrogens is 612 g/mol. The van der Waals surface area contributed by atoms with Crippen molar-refractivity contribution < 1.29 is 54.9 Å². The summed E-state index contributed by atoms with van der Waals surface area (Å²) in [5.41, 5.74) is 5.69. The van der Waals surface area contributed by atoms with Gasteiger partial charge in [0.25, 0.3) is 0 Å². The molecule has 234 valence electrons. The number of hydrogen-bond donors (Lipinski definition) is 1. The van der Waals surface area contributed by atoms with Gasteiger partial charge in [-0.2, -0.15) is 17.5 Å². The second kappa shape index (κ2) is 12.7. The SMILES string of the molecule is CCC(=O)c1ccc(OC2(c3ccc(F)cc3)CN(S(=O)(=O)c3cccc(C[C@H](N)C(=O)OOC(=O)C(F)(F)F)c3)C2)cc1. The van der Waals surface area contributed by atoms with E-state index in [0.717, 1.165) is 4.31 Å². The van der Waals surface area contributed by atoms with Crippen molar-refractivity contribution in [1.82, 2.24) is 4.31 Å². The number of ketones is 1. The van der Waals surface area contributed by atoms with Gasteiger partial charge in [-0.15, -0.1) is 0 Å². The first-order chi connectivity index (χ1) is 20.6. The predicted octanol–water partition coefficient (Wildman–Crippen LogP) is 3.83. The third-order valence-electron chi connectivity index (χ3n) is 6.77. The zero-order valence-corrected chi connectivity index (χ0v) is 23.9. The second-order valence-electron chi connectivity index (χ2n) is 9.91. The molecule has 0 aromatic heterocycles. The Morgan fingerprint density at radius 3 is 2.20 bits per heavy atom. The van der Waals surface area contributed by atoms with E-state index >= 15 is 0 Å². The number of alkyl halides is 3. The van der Waals surface area contributed by atoms with E-state index in [1.54, 1.807) is 31.2 Å². The van der Waals surface area contributed by atoms with Crippen LogP contribution in [0.4, 0.5) is 17.6 Å². The summed E-state index contributed by atoms with van der Waals surface area (Å²) in [4.78, 5) is 41.7. The first-order valence-electron chi connectivity index (χ1n) is 13.1. The van der Waals surface area contributed by atoms with Crippen LogP contribution in [-0.4, -0.2) is 55.8 Å². The molecule has 1 aliphatic heterocycles. The molecule has 0 radical (unpaired) electrons. The molecular formula is C29H26F4N2O8S. The summed E-state index contributed by atoms with van der Waals surface area (Å²) in [7, 11) is -4.14. The Morgan fingerprint density at radius 1 is 0.977 bits per heavy atom. The summed E-state index contributed by atoms with van der Waals surface area (Å²) < 4.78 is 84.8. The zero-order valence-electron chi connectivity index (χ0n) is 23.0. The molecule has 1 atom stereocenters. The number of nitrogens with two attached hydrogens (primary N) is 1. The number of benzene rings is 3. The lowest BCUT2D eigenvalue weighted by atomic mass is 9.87. The maximum absolute atomic E-state index is 13.7. The number of carbonyl (C=O) groups excluding carboxylic acids is 3. The molecule has 3 aromatic rings. The number of nitrogens with zero attached hydrogens (tertiary/aromatic N) is 1. The summed E-state index contributed by atoms with van der Waals surface area (Å²) in [5, 5.41) is 0. The fraction of sp³-hybridized carbons (Fsp3) is 0.276. The van der Waals surface area contributed by atoms with E-state index in [1.165, 1.54) is 48.5 Å². The van der Waals surface area contributed by atoms with E-state index in [2.05, 4.69) is 9.78 Å². The lowest BCUT2D eigenvalue weighted by Crippen LogP contribution is -2.64. The Hall–Kier alpha value is -4.34. The van der Waals surface area contributed by atoms with Crippen LogP contribution in [0.2, 0.25) is 0 Å². The quantitative estimate of drug-likeness (QED) is 0.152. The first-order valence-corrected chi connectivity index (χ1v) is 14.5. The monoisotopic (exact) mass is 638 g/mol. The fourth-order valence-corrected chi connectivity index (χ4v) is 6.00. The Morgan fingerprint density at radius 2 is 1.61 bits per heavy atom. The van der Waals surface area contributed by atoms with Gasteiger partial charge >= 0.3 is 18.1 Å². The average molecular weight is 639 g/mol. The molecule has 1 aliphatic rings. The highest BCUT2D eigenvalue weighted by Crippen LogP contribution is 2.40. The average Bonchev–Trinajstić information content (AvgIpc) is 2.97. The number of Topliss-reactive ketones (excluding diaryl/α,β-unsaturated/α-hetero) is 1. The molecule has 1 fully saturated rings. The molecule has 10 nitrogen and oxygen atoms in total. The van der Waals surface area contributed by atoms with Gasteiger partial charge in [0.05, 0.1) is 18.0 Å². The minimum atomic E-state index is -5.39. The Labute approximate surface area is 249 Å². The van der Waals surface area contributed by atoms with E-state index in [-0.39, 0.29) is 35.8 Å². The largest absolute Gasteiger partial charge is 0.495 e. The van der Waals surface area contributed by atoms with Gasteiger partial charge in [-0.3, -0.25) is 4.79 Å². The summed E-state index contributed by atoms with van der Waals surface area (Å²) in [6, 6.07) is 15.6. The first kappa shape index (κ1) is 32.6. The number of rotatable bonds is 10. The van der Waals surface area contributed by atoms with Crippen LogP contribution in [0.5, 0.6) is 5.75 Å². The van der Waals surface area contributed by atoms with Crippen molar-refractivity contribution in [3.05, 3.63) is 95.3 Å². The Bertz CT molecular complexity index is 1640. The molecule has 1 saturated heterocycles. The maximum atomic E-state index is 13.7. The van der Waals surface area contributed by atoms with Gasteiger partial charge in [-0.25, -0.2) is 32.2 Å². The van der Waals surface area contributed by atoms with Gasteiger partial charge in [0, 0.05) is 12.0 Å². The van der Waals surface area contributed by atoms with E-state index in [0.29, 0.717) is 23.3 Å². The molecule has 44 heavy (non-hydrogen) atoms. The highest BCUT2D eigenvalue weighted by atomic mass is 32.2. The van der Waals surface area contributed by atoms with Gasteiger partial charge < -0.3 is 10.5 Å². The van der Waals surface area contributed by atoms with Crippen LogP contribution >= 0.6 is 0 Å². The molecule has 1 heterocycles. The number of ether oxygens (including phenoxy) is 1. The second-order valence-corrected chi connectivity index (χ2v) is 11.8. The molecule has 4 rings (SSSR count). The van der Waals surface area contributed by atoms with Gasteiger partial charge in [0.1, 0.15) is 17.6 Å². The molecule has 0 amide bonds. The molecule has 0 aliphatic carbocycles. The van der Waals surface area contributed by atoms with E-state index in [1.807, 2.05) is 0 Å². The highest BCUT2D eigenvalue weighted by Gasteiger charge is 2.52. The van der Waals surface area contributed by atoms with Crippen molar-refractivity contribution in [2.45, 2.75) is 42.5 Å². The van der Waals surface area contributed by atoms with E-state index in [9.17, 15) is 40.4 Å².